The third kappa shape index (κ3) is 4.46. The lowest BCUT2D eigenvalue weighted by atomic mass is 10.2. The summed E-state index contributed by atoms with van der Waals surface area (Å²) in [7, 11) is 1.75. The van der Waals surface area contributed by atoms with E-state index in [1.54, 1.807) is 23.3 Å². The Bertz CT molecular complexity index is 392. The first-order chi connectivity index (χ1) is 8.54. The fraction of sp³-hybridized carbons (Fsp3) is 0.500. The Morgan fingerprint density at radius 3 is 2.83 bits per heavy atom. The van der Waals surface area contributed by atoms with Gasteiger partial charge in [-0.3, -0.25) is 9.59 Å². The summed E-state index contributed by atoms with van der Waals surface area (Å²) in [6.07, 6.45) is 0.824. The van der Waals surface area contributed by atoms with E-state index in [1.165, 1.54) is 4.88 Å². The molecule has 3 N–H and O–H groups in total. The summed E-state index contributed by atoms with van der Waals surface area (Å²) in [6, 6.07) is 4.15. The van der Waals surface area contributed by atoms with Gasteiger partial charge in [0.25, 0.3) is 0 Å². The van der Waals surface area contributed by atoms with Gasteiger partial charge in [-0.05, 0) is 18.4 Å². The number of carbonyl (C=O) groups is 2. The molecule has 6 heteroatoms. The van der Waals surface area contributed by atoms with Crippen molar-refractivity contribution in [2.75, 3.05) is 20.1 Å². The summed E-state index contributed by atoms with van der Waals surface area (Å²) in [5.74, 6) is -0.427. The topological polar surface area (TPSA) is 75.4 Å². The van der Waals surface area contributed by atoms with Crippen molar-refractivity contribution in [1.29, 1.82) is 0 Å². The van der Waals surface area contributed by atoms with Crippen molar-refractivity contribution >= 4 is 23.2 Å². The van der Waals surface area contributed by atoms with Gasteiger partial charge in [0, 0.05) is 24.4 Å². The molecule has 1 atom stereocenters. The molecule has 0 spiro atoms. The fourth-order valence-corrected chi connectivity index (χ4v) is 2.30. The number of nitrogens with one attached hydrogen (secondary N) is 1. The second-order valence-corrected chi connectivity index (χ2v) is 5.15. The number of likely N-dealkylation sites (N-methyl/N-ethyl adjacent to an activating group) is 1. The van der Waals surface area contributed by atoms with E-state index in [9.17, 15) is 9.59 Å². The maximum absolute atomic E-state index is 11.8. The lowest BCUT2D eigenvalue weighted by molar-refractivity contribution is -0.133. The van der Waals surface area contributed by atoms with Crippen LogP contribution in [0.1, 0.15) is 11.8 Å². The zero-order valence-corrected chi connectivity index (χ0v) is 11.5. The highest BCUT2D eigenvalue weighted by molar-refractivity contribution is 7.09. The Hall–Kier alpha value is -1.40. The summed E-state index contributed by atoms with van der Waals surface area (Å²) >= 11 is 1.68. The van der Waals surface area contributed by atoms with E-state index in [0.717, 1.165) is 6.42 Å². The van der Waals surface area contributed by atoms with E-state index < -0.39 is 0 Å². The predicted molar refractivity (Wildman–Crippen MR) is 72.3 cm³/mol. The van der Waals surface area contributed by atoms with Gasteiger partial charge in [0.2, 0.25) is 11.8 Å². The van der Waals surface area contributed by atoms with Crippen LogP contribution in [0.25, 0.3) is 0 Å². The van der Waals surface area contributed by atoms with Crippen LogP contribution < -0.4 is 11.1 Å². The zero-order chi connectivity index (χ0) is 13.5. The number of nitrogens with zero attached hydrogens (tertiary/aromatic N) is 1. The molecule has 18 heavy (non-hydrogen) atoms. The molecular formula is C12H19N3O2S. The second kappa shape index (κ2) is 7.13. The Labute approximate surface area is 111 Å². The van der Waals surface area contributed by atoms with Crippen LogP contribution in [0.5, 0.6) is 0 Å². The molecule has 1 heterocycles. The van der Waals surface area contributed by atoms with Gasteiger partial charge in [0.1, 0.15) is 0 Å². The van der Waals surface area contributed by atoms with Crippen LogP contribution in [-0.2, 0) is 16.0 Å². The molecule has 0 saturated heterocycles. The first-order valence-electron chi connectivity index (χ1n) is 5.79. The molecule has 0 aliphatic heterocycles. The largest absolute Gasteiger partial charge is 0.346 e. The zero-order valence-electron chi connectivity index (χ0n) is 10.7. The number of hydrogen-bond acceptors (Lipinski definition) is 4. The number of amides is 2. The van der Waals surface area contributed by atoms with Gasteiger partial charge in [-0.15, -0.1) is 11.3 Å². The first kappa shape index (κ1) is 14.7. The normalized spacial score (nSPS) is 11.9. The van der Waals surface area contributed by atoms with Crippen LogP contribution in [0, 0.1) is 0 Å². The van der Waals surface area contributed by atoms with Crippen LogP contribution in [0.3, 0.4) is 0 Å². The number of nitrogens with two attached hydrogens (primary N) is 1. The van der Waals surface area contributed by atoms with Crippen molar-refractivity contribution < 1.29 is 9.59 Å². The van der Waals surface area contributed by atoms with Gasteiger partial charge in [-0.1, -0.05) is 6.07 Å². The van der Waals surface area contributed by atoms with Gasteiger partial charge in [-0.25, -0.2) is 0 Å². The van der Waals surface area contributed by atoms with E-state index in [4.69, 9.17) is 5.73 Å². The standard InChI is InChI=1S/C12H19N3O2S/c1-9(6-10-4-3-5-18-10)15(2)12(17)8-14-11(16)7-13/h3-5,9H,6-8,13H2,1-2H3,(H,14,16). The molecule has 2 amide bonds. The molecule has 1 unspecified atom stereocenters. The van der Waals surface area contributed by atoms with Crippen LogP contribution >= 0.6 is 11.3 Å². The number of carbonyl (C=O) groups excluding carboxylic acids is 2. The van der Waals surface area contributed by atoms with Crippen molar-refractivity contribution in [3.63, 3.8) is 0 Å². The molecule has 1 aromatic rings. The summed E-state index contributed by atoms with van der Waals surface area (Å²) in [4.78, 5) is 25.7. The van der Waals surface area contributed by atoms with E-state index in [1.807, 2.05) is 18.4 Å². The SMILES string of the molecule is CC(Cc1cccs1)N(C)C(=O)CNC(=O)CN. The maximum Gasteiger partial charge on any atom is 0.241 e. The van der Waals surface area contributed by atoms with E-state index in [-0.39, 0.29) is 30.9 Å². The second-order valence-electron chi connectivity index (χ2n) is 4.12. The third-order valence-electron chi connectivity index (χ3n) is 2.75. The molecule has 1 aromatic heterocycles. The summed E-state index contributed by atoms with van der Waals surface area (Å²) < 4.78 is 0. The molecule has 0 radical (unpaired) electrons. The first-order valence-corrected chi connectivity index (χ1v) is 6.67. The molecule has 100 valence electrons. The third-order valence-corrected chi connectivity index (χ3v) is 3.65. The van der Waals surface area contributed by atoms with Gasteiger partial charge in [-0.2, -0.15) is 0 Å². The van der Waals surface area contributed by atoms with E-state index in [2.05, 4.69) is 11.4 Å². The minimum atomic E-state index is -0.317. The summed E-state index contributed by atoms with van der Waals surface area (Å²) in [5, 5.41) is 4.49. The maximum atomic E-state index is 11.8. The van der Waals surface area contributed by atoms with Gasteiger partial charge in [0.05, 0.1) is 13.1 Å². The lowest BCUT2D eigenvalue weighted by Gasteiger charge is -2.24. The lowest BCUT2D eigenvalue weighted by Crippen LogP contribution is -2.44. The molecule has 0 aliphatic rings. The summed E-state index contributed by atoms with van der Waals surface area (Å²) in [6.45, 7) is 1.89. The van der Waals surface area contributed by atoms with Crippen molar-refractivity contribution in [2.24, 2.45) is 5.73 Å². The van der Waals surface area contributed by atoms with Crippen molar-refractivity contribution in [3.8, 4) is 0 Å². The molecule has 0 fully saturated rings. The minimum absolute atomic E-state index is 0.00130. The van der Waals surface area contributed by atoms with Crippen LogP contribution in [0.15, 0.2) is 17.5 Å². The van der Waals surface area contributed by atoms with Crippen molar-refractivity contribution in [3.05, 3.63) is 22.4 Å². The molecule has 5 nitrogen and oxygen atoms in total. The Morgan fingerprint density at radius 2 is 2.28 bits per heavy atom. The Morgan fingerprint density at radius 1 is 1.56 bits per heavy atom. The minimum Gasteiger partial charge on any atom is -0.346 e. The van der Waals surface area contributed by atoms with Crippen LogP contribution in [0.2, 0.25) is 0 Å². The van der Waals surface area contributed by atoms with E-state index in [0.29, 0.717) is 0 Å². The van der Waals surface area contributed by atoms with Gasteiger partial charge >= 0.3 is 0 Å². The molecule has 0 bridgehead atoms. The van der Waals surface area contributed by atoms with Crippen molar-refractivity contribution in [1.82, 2.24) is 10.2 Å². The Kier molecular flexibility index (Phi) is 5.80. The van der Waals surface area contributed by atoms with Crippen LogP contribution in [-0.4, -0.2) is 42.9 Å². The number of thiophene rings is 1. The van der Waals surface area contributed by atoms with Gasteiger partial charge in [0.15, 0.2) is 0 Å². The molecule has 0 aliphatic carbocycles. The predicted octanol–water partition coefficient (Wildman–Crippen LogP) is 0.212. The summed E-state index contributed by atoms with van der Waals surface area (Å²) in [5.41, 5.74) is 5.15. The highest BCUT2D eigenvalue weighted by Crippen LogP contribution is 2.13. The number of rotatable bonds is 6. The van der Waals surface area contributed by atoms with E-state index >= 15 is 0 Å². The van der Waals surface area contributed by atoms with Crippen LogP contribution in [0.4, 0.5) is 0 Å². The fourth-order valence-electron chi connectivity index (χ4n) is 1.47. The number of hydrogen-bond donors (Lipinski definition) is 2. The molecule has 1 rings (SSSR count). The monoisotopic (exact) mass is 269 g/mol. The molecule has 0 aromatic carbocycles. The highest BCUT2D eigenvalue weighted by Gasteiger charge is 2.16. The highest BCUT2D eigenvalue weighted by atomic mass is 32.1. The van der Waals surface area contributed by atoms with Crippen molar-refractivity contribution in [2.45, 2.75) is 19.4 Å². The Balaban J connectivity index is 2.40. The van der Waals surface area contributed by atoms with Gasteiger partial charge < -0.3 is 16.0 Å². The molecule has 0 saturated carbocycles. The molecular weight excluding hydrogens is 250 g/mol. The average Bonchev–Trinajstić information content (AvgIpc) is 2.87. The quantitative estimate of drug-likeness (QED) is 0.775. The average molecular weight is 269 g/mol. The smallest absolute Gasteiger partial charge is 0.241 e.